The summed E-state index contributed by atoms with van der Waals surface area (Å²) in [6.45, 7) is 7.43. The number of rotatable bonds is 2. The van der Waals surface area contributed by atoms with Crippen molar-refractivity contribution in [1.82, 2.24) is 5.32 Å². The van der Waals surface area contributed by atoms with Gasteiger partial charge in [-0.3, -0.25) is 9.59 Å². The van der Waals surface area contributed by atoms with E-state index in [1.165, 1.54) is 0 Å². The van der Waals surface area contributed by atoms with Crippen molar-refractivity contribution in [2.45, 2.75) is 32.8 Å². The second-order valence-corrected chi connectivity index (χ2v) is 4.35. The molecule has 0 aromatic carbocycles. The second-order valence-electron chi connectivity index (χ2n) is 4.35. The molecule has 2 N–H and O–H groups in total. The average molecular weight is 217 g/mol. The van der Waals surface area contributed by atoms with E-state index in [9.17, 15) is 9.59 Å². The number of aliphatic carboxylic acids is 1. The monoisotopic (exact) mass is 217 g/mol. The Morgan fingerprint density at radius 3 is 2.27 bits per heavy atom. The molecule has 1 saturated heterocycles. The molecular weight excluding hydrogens is 198 g/mol. The topological polar surface area (TPSA) is 75.6 Å². The zero-order chi connectivity index (χ0) is 11.9. The van der Waals surface area contributed by atoms with Gasteiger partial charge in [-0.25, -0.2) is 0 Å². The summed E-state index contributed by atoms with van der Waals surface area (Å²) in [6.07, 6.45) is 0.787. The van der Waals surface area contributed by atoms with Crippen LogP contribution in [0.2, 0.25) is 0 Å². The van der Waals surface area contributed by atoms with Crippen molar-refractivity contribution in [3.63, 3.8) is 0 Å². The number of carbonyl (C=O) groups is 2. The molecule has 5 nitrogen and oxygen atoms in total. The van der Waals surface area contributed by atoms with Gasteiger partial charge in [0.05, 0.1) is 5.92 Å². The molecule has 15 heavy (non-hydrogen) atoms. The number of nitrogens with one attached hydrogen (secondary N) is 1. The fourth-order valence-corrected chi connectivity index (χ4v) is 1.01. The SMILES string of the molecule is CC(C)(C)OC=O.O=C(O)C1CCNC1. The van der Waals surface area contributed by atoms with Crippen molar-refractivity contribution >= 4 is 12.4 Å². The molecule has 1 fully saturated rings. The molecule has 1 rings (SSSR count). The Balaban J connectivity index is 0.000000265. The van der Waals surface area contributed by atoms with Gasteiger partial charge >= 0.3 is 5.97 Å². The molecule has 1 aliphatic heterocycles. The van der Waals surface area contributed by atoms with E-state index in [1.807, 2.05) is 20.8 Å². The first-order valence-corrected chi connectivity index (χ1v) is 4.92. The largest absolute Gasteiger partial charge is 0.481 e. The van der Waals surface area contributed by atoms with E-state index in [4.69, 9.17) is 5.11 Å². The van der Waals surface area contributed by atoms with E-state index < -0.39 is 5.97 Å². The Hall–Kier alpha value is -1.10. The van der Waals surface area contributed by atoms with Crippen LogP contribution < -0.4 is 5.32 Å². The highest BCUT2D eigenvalue weighted by Gasteiger charge is 2.20. The third-order valence-electron chi connectivity index (χ3n) is 1.81. The third kappa shape index (κ3) is 7.93. The van der Waals surface area contributed by atoms with Gasteiger partial charge in [0.15, 0.2) is 0 Å². The van der Waals surface area contributed by atoms with E-state index >= 15 is 0 Å². The molecule has 5 heteroatoms. The lowest BCUT2D eigenvalue weighted by atomic mass is 10.1. The molecular formula is C10H19NO4. The van der Waals surface area contributed by atoms with Gasteiger partial charge in [-0.1, -0.05) is 0 Å². The molecule has 0 aromatic heterocycles. The Morgan fingerprint density at radius 2 is 2.13 bits per heavy atom. The first-order valence-electron chi connectivity index (χ1n) is 4.92. The first-order chi connectivity index (χ1) is 6.87. The average Bonchev–Trinajstić information content (AvgIpc) is 2.53. The van der Waals surface area contributed by atoms with Crippen LogP contribution in [0.15, 0.2) is 0 Å². The molecule has 0 amide bonds. The molecule has 0 aliphatic carbocycles. The van der Waals surface area contributed by atoms with E-state index in [1.54, 1.807) is 0 Å². The molecule has 1 heterocycles. The molecule has 88 valence electrons. The van der Waals surface area contributed by atoms with Crippen molar-refractivity contribution in [3.05, 3.63) is 0 Å². The van der Waals surface area contributed by atoms with Crippen molar-refractivity contribution in [3.8, 4) is 0 Å². The predicted octanol–water partition coefficient (Wildman–Crippen LogP) is 0.638. The van der Waals surface area contributed by atoms with Gasteiger partial charge in [0.1, 0.15) is 5.60 Å². The van der Waals surface area contributed by atoms with E-state index in [2.05, 4.69) is 10.1 Å². The van der Waals surface area contributed by atoms with Crippen LogP contribution in [0.25, 0.3) is 0 Å². The molecule has 1 aliphatic rings. The van der Waals surface area contributed by atoms with Crippen LogP contribution in [0.4, 0.5) is 0 Å². The predicted molar refractivity (Wildman–Crippen MR) is 55.5 cm³/mol. The molecule has 0 radical (unpaired) electrons. The van der Waals surface area contributed by atoms with Crippen LogP contribution in [0, 0.1) is 5.92 Å². The lowest BCUT2D eigenvalue weighted by Gasteiger charge is -2.14. The summed E-state index contributed by atoms with van der Waals surface area (Å²) in [7, 11) is 0. The maximum atomic E-state index is 10.2. The first kappa shape index (κ1) is 13.9. The van der Waals surface area contributed by atoms with E-state index in [0.717, 1.165) is 13.0 Å². The van der Waals surface area contributed by atoms with E-state index in [0.29, 0.717) is 13.0 Å². The Bertz CT molecular complexity index is 204. The summed E-state index contributed by atoms with van der Waals surface area (Å²) in [4.78, 5) is 19.8. The van der Waals surface area contributed by atoms with Gasteiger partial charge in [0.2, 0.25) is 0 Å². The second kappa shape index (κ2) is 6.40. The highest BCUT2D eigenvalue weighted by molar-refractivity contribution is 5.70. The van der Waals surface area contributed by atoms with Crippen LogP contribution in [-0.4, -0.2) is 36.2 Å². The maximum absolute atomic E-state index is 10.2. The summed E-state index contributed by atoms with van der Waals surface area (Å²) in [5.74, 6) is -0.801. The molecule has 1 atom stereocenters. The number of carboxylic acid groups (broad SMARTS) is 1. The van der Waals surface area contributed by atoms with Crippen molar-refractivity contribution in [2.24, 2.45) is 5.92 Å². The summed E-state index contributed by atoms with van der Waals surface area (Å²) >= 11 is 0. The number of hydrogen-bond acceptors (Lipinski definition) is 4. The number of ether oxygens (including phenoxy) is 1. The minimum atomic E-state index is -0.671. The van der Waals surface area contributed by atoms with Gasteiger partial charge in [0.25, 0.3) is 6.47 Å². The molecule has 1 unspecified atom stereocenters. The fraction of sp³-hybridized carbons (Fsp3) is 0.800. The van der Waals surface area contributed by atoms with Gasteiger partial charge in [0, 0.05) is 6.54 Å². The minimum Gasteiger partial charge on any atom is -0.481 e. The quantitative estimate of drug-likeness (QED) is 0.664. The highest BCUT2D eigenvalue weighted by Crippen LogP contribution is 2.05. The van der Waals surface area contributed by atoms with Crippen molar-refractivity contribution < 1.29 is 19.4 Å². The van der Waals surface area contributed by atoms with Crippen LogP contribution in [0.1, 0.15) is 27.2 Å². The summed E-state index contributed by atoms with van der Waals surface area (Å²) in [6, 6.07) is 0. The fourth-order valence-electron chi connectivity index (χ4n) is 1.01. The molecule has 0 bridgehead atoms. The minimum absolute atomic E-state index is 0.130. The van der Waals surface area contributed by atoms with Gasteiger partial charge in [-0.15, -0.1) is 0 Å². The van der Waals surface area contributed by atoms with Crippen LogP contribution in [-0.2, 0) is 14.3 Å². The summed E-state index contributed by atoms with van der Waals surface area (Å²) in [5, 5.41) is 11.3. The Morgan fingerprint density at radius 1 is 1.53 bits per heavy atom. The third-order valence-corrected chi connectivity index (χ3v) is 1.81. The number of carboxylic acids is 1. The number of hydrogen-bond donors (Lipinski definition) is 2. The molecule has 0 spiro atoms. The molecule has 0 aromatic rings. The lowest BCUT2D eigenvalue weighted by Crippen LogP contribution is -2.17. The normalized spacial score (nSPS) is 20.1. The summed E-state index contributed by atoms with van der Waals surface area (Å²) in [5.41, 5.74) is -0.318. The van der Waals surface area contributed by atoms with Crippen molar-refractivity contribution in [2.75, 3.05) is 13.1 Å². The zero-order valence-electron chi connectivity index (χ0n) is 9.45. The lowest BCUT2D eigenvalue weighted by molar-refractivity contribution is -0.141. The van der Waals surface area contributed by atoms with Crippen molar-refractivity contribution in [1.29, 1.82) is 0 Å². The number of carbonyl (C=O) groups excluding carboxylic acids is 1. The van der Waals surface area contributed by atoms with E-state index in [-0.39, 0.29) is 11.5 Å². The summed E-state index contributed by atoms with van der Waals surface area (Å²) < 4.78 is 4.55. The van der Waals surface area contributed by atoms with Crippen LogP contribution >= 0.6 is 0 Å². The van der Waals surface area contributed by atoms with Gasteiger partial charge < -0.3 is 15.2 Å². The highest BCUT2D eigenvalue weighted by atomic mass is 16.5. The Labute approximate surface area is 89.8 Å². The Kier molecular flexibility index (Phi) is 5.93. The molecule has 0 saturated carbocycles. The maximum Gasteiger partial charge on any atom is 0.307 e. The zero-order valence-corrected chi connectivity index (χ0v) is 9.45. The van der Waals surface area contributed by atoms with Crippen LogP contribution in [0.3, 0.4) is 0 Å². The van der Waals surface area contributed by atoms with Gasteiger partial charge in [-0.2, -0.15) is 0 Å². The van der Waals surface area contributed by atoms with Crippen LogP contribution in [0.5, 0.6) is 0 Å². The standard InChI is InChI=1S/C5H9NO2.C5H10O2/c7-5(8)4-1-2-6-3-4;1-5(2,3)7-4-6/h4,6H,1-3H2,(H,7,8);4H,1-3H3. The smallest absolute Gasteiger partial charge is 0.307 e. The van der Waals surface area contributed by atoms with Gasteiger partial charge in [-0.05, 0) is 33.7 Å².